The van der Waals surface area contributed by atoms with Crippen molar-refractivity contribution in [3.05, 3.63) is 40.5 Å². The average molecular weight is 266 g/mol. The molecular weight excluding hydrogens is 254 g/mol. The highest BCUT2D eigenvalue weighted by Gasteiger charge is 2.10. The number of hydrogen-bond acceptors (Lipinski definition) is 1. The zero-order valence-corrected chi connectivity index (χ0v) is 10.3. The van der Waals surface area contributed by atoms with E-state index in [2.05, 4.69) is 27.0 Å². The van der Waals surface area contributed by atoms with Crippen molar-refractivity contribution < 1.29 is 4.74 Å². The van der Waals surface area contributed by atoms with Crippen molar-refractivity contribution in [2.45, 2.75) is 6.92 Å². The van der Waals surface area contributed by atoms with E-state index < -0.39 is 0 Å². The average Bonchev–Trinajstić information content (AvgIpc) is 2.69. The molecule has 0 saturated carbocycles. The number of aromatic amines is 1. The smallest absolute Gasteiger partial charge is 0.131 e. The van der Waals surface area contributed by atoms with Gasteiger partial charge in [0.1, 0.15) is 5.75 Å². The second-order valence-corrected chi connectivity index (χ2v) is 4.30. The molecule has 0 fully saturated rings. The predicted molar refractivity (Wildman–Crippen MR) is 65.2 cm³/mol. The van der Waals surface area contributed by atoms with Crippen LogP contribution in [0.1, 0.15) is 5.56 Å². The SMILES string of the molecule is COc1c(C)cc(Br)cc1-c1ccc[nH]1. The number of methoxy groups -OCH3 is 1. The minimum absolute atomic E-state index is 0.917. The predicted octanol–water partition coefficient (Wildman–Crippen LogP) is 3.76. The van der Waals surface area contributed by atoms with Gasteiger partial charge < -0.3 is 9.72 Å². The monoisotopic (exact) mass is 265 g/mol. The van der Waals surface area contributed by atoms with Gasteiger partial charge in [-0.3, -0.25) is 0 Å². The molecule has 0 spiro atoms. The molecule has 0 aliphatic rings. The molecule has 0 aliphatic carbocycles. The fraction of sp³-hybridized carbons (Fsp3) is 0.167. The molecule has 1 N–H and O–H groups in total. The Labute approximate surface area is 97.4 Å². The summed E-state index contributed by atoms with van der Waals surface area (Å²) in [6.07, 6.45) is 1.91. The Kier molecular flexibility index (Phi) is 2.82. The Bertz CT molecular complexity index is 463. The van der Waals surface area contributed by atoms with E-state index in [0.29, 0.717) is 0 Å². The van der Waals surface area contributed by atoms with E-state index in [1.54, 1.807) is 7.11 Å². The van der Waals surface area contributed by atoms with E-state index in [0.717, 1.165) is 27.0 Å². The van der Waals surface area contributed by atoms with Crippen LogP contribution in [0, 0.1) is 6.92 Å². The topological polar surface area (TPSA) is 25.0 Å². The minimum atomic E-state index is 0.917. The van der Waals surface area contributed by atoms with Gasteiger partial charge in [-0.15, -0.1) is 0 Å². The summed E-state index contributed by atoms with van der Waals surface area (Å²) in [7, 11) is 1.70. The number of H-pyrrole nitrogens is 1. The Balaban J connectivity index is 2.64. The van der Waals surface area contributed by atoms with Crippen LogP contribution in [0.4, 0.5) is 0 Å². The molecule has 0 aliphatic heterocycles. The molecule has 2 nitrogen and oxygen atoms in total. The summed E-state index contributed by atoms with van der Waals surface area (Å²) in [6, 6.07) is 8.11. The van der Waals surface area contributed by atoms with Gasteiger partial charge in [-0.25, -0.2) is 0 Å². The first-order valence-electron chi connectivity index (χ1n) is 4.70. The van der Waals surface area contributed by atoms with Gasteiger partial charge in [0.25, 0.3) is 0 Å². The normalized spacial score (nSPS) is 10.3. The lowest BCUT2D eigenvalue weighted by atomic mass is 10.1. The highest BCUT2D eigenvalue weighted by atomic mass is 79.9. The van der Waals surface area contributed by atoms with Crippen LogP contribution in [0.15, 0.2) is 34.9 Å². The van der Waals surface area contributed by atoms with E-state index in [4.69, 9.17) is 4.74 Å². The maximum atomic E-state index is 5.41. The maximum Gasteiger partial charge on any atom is 0.131 e. The quantitative estimate of drug-likeness (QED) is 0.879. The number of benzene rings is 1. The van der Waals surface area contributed by atoms with Gasteiger partial charge in [0.2, 0.25) is 0 Å². The molecule has 0 atom stereocenters. The van der Waals surface area contributed by atoms with Crippen LogP contribution < -0.4 is 4.74 Å². The fourth-order valence-electron chi connectivity index (χ4n) is 1.70. The second-order valence-electron chi connectivity index (χ2n) is 3.39. The summed E-state index contributed by atoms with van der Waals surface area (Å²) in [5.74, 6) is 0.917. The van der Waals surface area contributed by atoms with Gasteiger partial charge in [-0.1, -0.05) is 15.9 Å². The van der Waals surface area contributed by atoms with E-state index >= 15 is 0 Å². The molecule has 2 rings (SSSR count). The Morgan fingerprint density at radius 1 is 1.33 bits per heavy atom. The fourth-order valence-corrected chi connectivity index (χ4v) is 2.27. The lowest BCUT2D eigenvalue weighted by Crippen LogP contribution is -1.91. The van der Waals surface area contributed by atoms with E-state index in [9.17, 15) is 0 Å². The Morgan fingerprint density at radius 2 is 2.13 bits per heavy atom. The molecule has 15 heavy (non-hydrogen) atoms. The first kappa shape index (κ1) is 10.3. The van der Waals surface area contributed by atoms with Gasteiger partial charge >= 0.3 is 0 Å². The number of aromatic nitrogens is 1. The van der Waals surface area contributed by atoms with Crippen LogP contribution in [0.2, 0.25) is 0 Å². The number of ether oxygens (including phenoxy) is 1. The van der Waals surface area contributed by atoms with E-state index in [1.807, 2.05) is 31.3 Å². The molecule has 0 saturated heterocycles. The molecule has 0 unspecified atom stereocenters. The molecule has 2 aromatic rings. The van der Waals surface area contributed by atoms with Crippen molar-refractivity contribution in [3.8, 4) is 17.0 Å². The first-order valence-corrected chi connectivity index (χ1v) is 5.49. The van der Waals surface area contributed by atoms with E-state index in [-0.39, 0.29) is 0 Å². The summed E-state index contributed by atoms with van der Waals surface area (Å²) in [5, 5.41) is 0. The van der Waals surface area contributed by atoms with Crippen molar-refractivity contribution in [1.82, 2.24) is 4.98 Å². The van der Waals surface area contributed by atoms with Crippen molar-refractivity contribution in [2.24, 2.45) is 0 Å². The summed E-state index contributed by atoms with van der Waals surface area (Å²) < 4.78 is 6.47. The molecule has 1 aromatic heterocycles. The van der Waals surface area contributed by atoms with Crippen molar-refractivity contribution >= 4 is 15.9 Å². The highest BCUT2D eigenvalue weighted by molar-refractivity contribution is 9.10. The number of halogens is 1. The van der Waals surface area contributed by atoms with Crippen LogP contribution in [-0.4, -0.2) is 12.1 Å². The van der Waals surface area contributed by atoms with Gasteiger partial charge in [-0.2, -0.15) is 0 Å². The summed E-state index contributed by atoms with van der Waals surface area (Å²) in [6.45, 7) is 2.04. The molecule has 0 amide bonds. The largest absolute Gasteiger partial charge is 0.496 e. The summed E-state index contributed by atoms with van der Waals surface area (Å²) in [4.78, 5) is 3.18. The maximum absolute atomic E-state index is 5.41. The van der Waals surface area contributed by atoms with Gasteiger partial charge in [0.15, 0.2) is 0 Å². The molecular formula is C12H12BrNO. The molecule has 1 aromatic carbocycles. The van der Waals surface area contributed by atoms with Gasteiger partial charge in [0.05, 0.1) is 7.11 Å². The molecule has 1 heterocycles. The summed E-state index contributed by atoms with van der Waals surface area (Å²) >= 11 is 3.49. The zero-order chi connectivity index (χ0) is 10.8. The molecule has 0 radical (unpaired) electrons. The first-order chi connectivity index (χ1) is 7.22. The van der Waals surface area contributed by atoms with Crippen LogP contribution >= 0.6 is 15.9 Å². The third kappa shape index (κ3) is 1.92. The Morgan fingerprint density at radius 3 is 2.73 bits per heavy atom. The second kappa shape index (κ2) is 4.11. The van der Waals surface area contributed by atoms with Crippen LogP contribution in [-0.2, 0) is 0 Å². The third-order valence-electron chi connectivity index (χ3n) is 2.33. The van der Waals surface area contributed by atoms with Crippen molar-refractivity contribution in [2.75, 3.05) is 7.11 Å². The zero-order valence-electron chi connectivity index (χ0n) is 8.67. The molecule has 78 valence electrons. The highest BCUT2D eigenvalue weighted by Crippen LogP contribution is 2.34. The van der Waals surface area contributed by atoms with Crippen LogP contribution in [0.5, 0.6) is 5.75 Å². The Hall–Kier alpha value is -1.22. The summed E-state index contributed by atoms with van der Waals surface area (Å²) in [5.41, 5.74) is 3.27. The lowest BCUT2D eigenvalue weighted by molar-refractivity contribution is 0.413. The van der Waals surface area contributed by atoms with Gasteiger partial charge in [0, 0.05) is 21.9 Å². The van der Waals surface area contributed by atoms with Crippen molar-refractivity contribution in [1.29, 1.82) is 0 Å². The number of hydrogen-bond donors (Lipinski definition) is 1. The molecule has 0 bridgehead atoms. The van der Waals surface area contributed by atoms with Gasteiger partial charge in [-0.05, 0) is 36.8 Å². The number of rotatable bonds is 2. The minimum Gasteiger partial charge on any atom is -0.496 e. The van der Waals surface area contributed by atoms with E-state index in [1.165, 1.54) is 0 Å². The third-order valence-corrected chi connectivity index (χ3v) is 2.79. The van der Waals surface area contributed by atoms with Crippen molar-refractivity contribution in [3.63, 3.8) is 0 Å². The lowest BCUT2D eigenvalue weighted by Gasteiger charge is -2.11. The standard InChI is InChI=1S/C12H12BrNO/c1-8-6-9(13)7-10(12(8)15-2)11-4-3-5-14-11/h3-7,14H,1-2H3. The number of nitrogens with one attached hydrogen (secondary N) is 1. The van der Waals surface area contributed by atoms with Crippen LogP contribution in [0.25, 0.3) is 11.3 Å². The number of aryl methyl sites for hydroxylation is 1. The van der Waals surface area contributed by atoms with Crippen LogP contribution in [0.3, 0.4) is 0 Å². The molecule has 3 heteroatoms.